The van der Waals surface area contributed by atoms with Gasteiger partial charge in [-0.25, -0.2) is 0 Å². The van der Waals surface area contributed by atoms with Crippen molar-refractivity contribution in [1.82, 2.24) is 5.32 Å². The Hall–Kier alpha value is -3.14. The lowest BCUT2D eigenvalue weighted by atomic mass is 10.1. The van der Waals surface area contributed by atoms with E-state index in [9.17, 15) is 10.1 Å². The monoisotopic (exact) mass is 463 g/mol. The Morgan fingerprint density at radius 2 is 1.84 bits per heavy atom. The minimum Gasteiger partial charge on any atom is -0.457 e. The number of halogens is 1. The maximum Gasteiger partial charge on any atom is 0.266 e. The molecule has 5 nitrogen and oxygen atoms in total. The van der Waals surface area contributed by atoms with Gasteiger partial charge in [-0.2, -0.15) is 5.26 Å². The first-order valence-electron chi connectivity index (χ1n) is 10.4. The van der Waals surface area contributed by atoms with Crippen LogP contribution in [0.3, 0.4) is 0 Å². The van der Waals surface area contributed by atoms with Gasteiger partial charge in [-0.1, -0.05) is 37.1 Å². The normalized spacial score (nSPS) is 16.1. The summed E-state index contributed by atoms with van der Waals surface area (Å²) in [6, 6.07) is 21.0. The Morgan fingerprint density at radius 1 is 1.12 bits per heavy atom. The van der Waals surface area contributed by atoms with E-state index in [0.717, 1.165) is 30.5 Å². The lowest BCUT2D eigenvalue weighted by Crippen LogP contribution is -2.45. The molecule has 1 N–H and O–H groups in total. The summed E-state index contributed by atoms with van der Waals surface area (Å²) in [5.74, 6) is 0.696. The highest BCUT2D eigenvalue weighted by molar-refractivity contribution is 7.84. The summed E-state index contributed by atoms with van der Waals surface area (Å²) >= 11 is 10.5. The van der Waals surface area contributed by atoms with Gasteiger partial charge in [-0.05, 0) is 66.9 Å². The Bertz CT molecular complexity index is 1190. The van der Waals surface area contributed by atoms with Gasteiger partial charge in [-0.3, -0.25) is 4.79 Å². The van der Waals surface area contributed by atoms with E-state index in [1.807, 2.05) is 42.5 Å². The van der Waals surface area contributed by atoms with Crippen LogP contribution in [0.4, 0.5) is 5.69 Å². The minimum absolute atomic E-state index is 0.0378. The molecule has 1 amide bonds. The topological polar surface area (TPSA) is 69.3 Å². The molecule has 0 saturated heterocycles. The number of carbonyl (C=O) groups excluding carboxylic acids is 1. The first kappa shape index (κ1) is 22.1. The molecule has 4 rings (SSSR count). The van der Waals surface area contributed by atoms with E-state index in [0.29, 0.717) is 16.5 Å². The molecule has 1 aliphatic heterocycles. The maximum atomic E-state index is 12.6. The molecule has 0 saturated carbocycles. The highest BCUT2D eigenvalue weighted by atomic mass is 35.5. The van der Waals surface area contributed by atoms with Crippen molar-refractivity contribution in [3.05, 3.63) is 87.6 Å². The second-order valence-corrected chi connectivity index (χ2v) is 8.40. The molecule has 2 heterocycles. The summed E-state index contributed by atoms with van der Waals surface area (Å²) in [5.41, 5.74) is 2.87. The van der Waals surface area contributed by atoms with Gasteiger partial charge in [0.1, 0.15) is 23.2 Å². The van der Waals surface area contributed by atoms with Crippen LogP contribution in [0, 0.1) is 11.3 Å². The van der Waals surface area contributed by atoms with Gasteiger partial charge in [0.15, 0.2) is 6.17 Å². The van der Waals surface area contributed by atoms with Gasteiger partial charge < -0.3 is 14.6 Å². The minimum atomic E-state index is -0.644. The average molecular weight is 464 g/mol. The predicted molar refractivity (Wildman–Crippen MR) is 129 cm³/mol. The fourth-order valence-electron chi connectivity index (χ4n) is 3.65. The molecule has 7 heteroatoms. The molecule has 0 spiro atoms. The lowest BCUT2D eigenvalue weighted by molar-refractivity contribution is -0.118. The first-order chi connectivity index (χ1) is 15.5. The lowest BCUT2D eigenvalue weighted by Gasteiger charge is -2.36. The quantitative estimate of drug-likeness (QED) is 0.424. The number of anilines is 1. The summed E-state index contributed by atoms with van der Waals surface area (Å²) in [6.45, 7) is 2.17. The number of carbonyl (C=O) groups is 1. The van der Waals surface area contributed by atoms with Crippen LogP contribution >= 0.6 is 24.2 Å². The molecule has 1 aliphatic rings. The molecule has 0 radical (unpaired) electrons. The van der Waals surface area contributed by atoms with Crippen molar-refractivity contribution in [1.29, 1.82) is 5.26 Å². The number of amides is 1. The van der Waals surface area contributed by atoms with Gasteiger partial charge in [0, 0.05) is 16.3 Å². The molecule has 0 bridgehead atoms. The van der Waals surface area contributed by atoms with Crippen LogP contribution in [0.1, 0.15) is 37.3 Å². The zero-order valence-corrected chi connectivity index (χ0v) is 19.2. The number of furan rings is 1. The number of unbranched alkanes of at least 4 members (excludes halogenated alkanes) is 1. The van der Waals surface area contributed by atoms with E-state index in [1.54, 1.807) is 17.0 Å². The van der Waals surface area contributed by atoms with Crippen molar-refractivity contribution in [2.75, 3.05) is 4.90 Å². The Kier molecular flexibility index (Phi) is 6.59. The molecule has 162 valence electrons. The van der Waals surface area contributed by atoms with Crippen molar-refractivity contribution in [2.24, 2.45) is 0 Å². The summed E-state index contributed by atoms with van der Waals surface area (Å²) in [5, 5.41) is 13.3. The van der Waals surface area contributed by atoms with Gasteiger partial charge in [-0.15, -0.1) is 12.6 Å². The summed E-state index contributed by atoms with van der Waals surface area (Å²) < 4.78 is 6.10. The predicted octanol–water partition coefficient (Wildman–Crippen LogP) is 6.24. The number of thiol groups is 1. The van der Waals surface area contributed by atoms with Gasteiger partial charge in [0.2, 0.25) is 0 Å². The molecular weight excluding hydrogens is 442 g/mol. The molecule has 3 aromatic rings. The molecule has 0 fully saturated rings. The van der Waals surface area contributed by atoms with E-state index >= 15 is 0 Å². The van der Waals surface area contributed by atoms with E-state index < -0.39 is 12.1 Å². The molecule has 1 atom stereocenters. The SMILES string of the molecule is CCCCc1ccc(N2C(S)=C(C#N)C(=O)NC2c2ccc(-c3ccc(Cl)cc3)o2)cc1. The second-order valence-electron chi connectivity index (χ2n) is 7.54. The Labute approximate surface area is 197 Å². The van der Waals surface area contributed by atoms with Crippen LogP contribution in [0.2, 0.25) is 5.02 Å². The van der Waals surface area contributed by atoms with E-state index in [-0.39, 0.29) is 10.6 Å². The molecule has 1 unspecified atom stereocenters. The molecule has 1 aromatic heterocycles. The molecule has 32 heavy (non-hydrogen) atoms. The fraction of sp³-hybridized carbons (Fsp3) is 0.200. The number of hydrogen-bond donors (Lipinski definition) is 2. The van der Waals surface area contributed by atoms with Crippen molar-refractivity contribution < 1.29 is 9.21 Å². The Balaban J connectivity index is 1.71. The number of benzene rings is 2. The largest absolute Gasteiger partial charge is 0.457 e. The number of rotatable bonds is 6. The third-order valence-corrected chi connectivity index (χ3v) is 6.07. The zero-order valence-electron chi connectivity index (χ0n) is 17.5. The van der Waals surface area contributed by atoms with E-state index in [1.165, 1.54) is 5.56 Å². The van der Waals surface area contributed by atoms with Crippen LogP contribution in [-0.2, 0) is 11.2 Å². The summed E-state index contributed by atoms with van der Waals surface area (Å²) in [4.78, 5) is 14.4. The number of nitrogens with zero attached hydrogens (tertiary/aromatic N) is 2. The Morgan fingerprint density at radius 3 is 2.50 bits per heavy atom. The summed E-state index contributed by atoms with van der Waals surface area (Å²) in [7, 11) is 0. The third-order valence-electron chi connectivity index (χ3n) is 5.38. The number of hydrogen-bond acceptors (Lipinski definition) is 5. The maximum absolute atomic E-state index is 12.6. The van der Waals surface area contributed by atoms with Crippen molar-refractivity contribution in [3.63, 3.8) is 0 Å². The van der Waals surface area contributed by atoms with Crippen molar-refractivity contribution in [2.45, 2.75) is 32.4 Å². The molecule has 2 aromatic carbocycles. The average Bonchev–Trinajstić information content (AvgIpc) is 3.29. The molecule has 0 aliphatic carbocycles. The van der Waals surface area contributed by atoms with Crippen molar-refractivity contribution in [3.8, 4) is 17.4 Å². The fourth-order valence-corrected chi connectivity index (χ4v) is 4.16. The van der Waals surface area contributed by atoms with Gasteiger partial charge in [0.05, 0.1) is 5.03 Å². The van der Waals surface area contributed by atoms with E-state index in [2.05, 4.69) is 37.0 Å². The highest BCUT2D eigenvalue weighted by Gasteiger charge is 2.35. The van der Waals surface area contributed by atoms with Crippen molar-refractivity contribution >= 4 is 35.8 Å². The third kappa shape index (κ3) is 4.40. The smallest absolute Gasteiger partial charge is 0.266 e. The summed E-state index contributed by atoms with van der Waals surface area (Å²) in [6.07, 6.45) is 2.62. The van der Waals surface area contributed by atoms with Crippen LogP contribution < -0.4 is 10.2 Å². The van der Waals surface area contributed by atoms with E-state index in [4.69, 9.17) is 16.0 Å². The van der Waals surface area contributed by atoms with Crippen LogP contribution in [0.5, 0.6) is 0 Å². The number of nitriles is 1. The number of nitrogens with one attached hydrogen (secondary N) is 1. The van der Waals surface area contributed by atoms with Crippen LogP contribution in [0.15, 0.2) is 75.7 Å². The standard InChI is InChI=1S/C25H22ClN3O2S/c1-2-3-4-16-5-11-19(12-6-16)29-23(28-24(30)20(15-27)25(29)32)22-14-13-21(31-22)17-7-9-18(26)10-8-17/h5-14,23,32H,2-4H2,1H3,(H,28,30). The van der Waals surface area contributed by atoms with Gasteiger partial charge >= 0.3 is 0 Å². The van der Waals surface area contributed by atoms with Crippen LogP contribution in [0.25, 0.3) is 11.3 Å². The second kappa shape index (κ2) is 9.56. The molecular formula is C25H22ClN3O2S. The van der Waals surface area contributed by atoms with Gasteiger partial charge in [0.25, 0.3) is 5.91 Å². The first-order valence-corrected chi connectivity index (χ1v) is 11.2. The number of aryl methyl sites for hydroxylation is 1. The van der Waals surface area contributed by atoms with Crippen LogP contribution in [-0.4, -0.2) is 5.91 Å². The highest BCUT2D eigenvalue weighted by Crippen LogP contribution is 2.37. The zero-order chi connectivity index (χ0) is 22.7.